The fourth-order valence-electron chi connectivity index (χ4n) is 1.94. The average Bonchev–Trinajstić information content (AvgIpc) is 2.88. The molecule has 2 aromatic rings. The van der Waals surface area contributed by atoms with Gasteiger partial charge < -0.3 is 5.11 Å². The highest BCUT2D eigenvalue weighted by Crippen LogP contribution is 2.31. The van der Waals surface area contributed by atoms with Crippen LogP contribution in [0.25, 0.3) is 0 Å². The molecule has 0 bridgehead atoms. The first kappa shape index (κ1) is 17.2. The van der Waals surface area contributed by atoms with Crippen LogP contribution >= 0.6 is 23.2 Å². The molecule has 1 aromatic heterocycles. The Labute approximate surface area is 137 Å². The molecule has 0 radical (unpaired) electrons. The minimum absolute atomic E-state index is 0.0309. The van der Waals surface area contributed by atoms with Crippen molar-refractivity contribution < 1.29 is 13.5 Å². The molecule has 0 saturated carbocycles. The molecule has 0 spiro atoms. The van der Waals surface area contributed by atoms with Crippen molar-refractivity contribution in [2.45, 2.75) is 12.1 Å². The number of nitrogens with zero attached hydrogens (tertiary/aromatic N) is 3. The van der Waals surface area contributed by atoms with Crippen LogP contribution in [-0.2, 0) is 22.2 Å². The quantitative estimate of drug-likeness (QED) is 0.797. The van der Waals surface area contributed by atoms with Crippen molar-refractivity contribution in [1.29, 1.82) is 0 Å². The lowest BCUT2D eigenvalue weighted by molar-refractivity contribution is 0.0205. The van der Waals surface area contributed by atoms with Gasteiger partial charge in [0.1, 0.15) is 18.3 Å². The maximum Gasteiger partial charge on any atom is 0.208 e. The monoisotopic (exact) mass is 364 g/mol. The first-order valence-electron chi connectivity index (χ1n) is 6.14. The van der Waals surface area contributed by atoms with Crippen molar-refractivity contribution in [3.63, 3.8) is 0 Å². The van der Waals surface area contributed by atoms with Gasteiger partial charge in [-0.2, -0.15) is 5.10 Å². The summed E-state index contributed by atoms with van der Waals surface area (Å²) in [5.41, 5.74) is -1.27. The molecule has 0 amide bonds. The molecule has 0 saturated heterocycles. The van der Waals surface area contributed by atoms with E-state index in [-0.39, 0.29) is 18.1 Å². The van der Waals surface area contributed by atoms with E-state index in [0.717, 1.165) is 6.26 Å². The lowest BCUT2D eigenvalue weighted by Gasteiger charge is -2.29. The lowest BCUT2D eigenvalue weighted by Crippen LogP contribution is -2.43. The Hall–Kier alpha value is -1.19. The molecule has 2 rings (SSSR count). The second-order valence-electron chi connectivity index (χ2n) is 4.84. The second-order valence-corrected chi connectivity index (χ2v) is 7.52. The van der Waals surface area contributed by atoms with Gasteiger partial charge in [0.25, 0.3) is 0 Å². The zero-order valence-electron chi connectivity index (χ0n) is 11.6. The van der Waals surface area contributed by atoms with Gasteiger partial charge in [-0.15, -0.1) is 0 Å². The van der Waals surface area contributed by atoms with E-state index in [1.165, 1.54) is 23.4 Å². The van der Waals surface area contributed by atoms with Crippen LogP contribution in [0.4, 0.5) is 0 Å². The van der Waals surface area contributed by atoms with E-state index in [9.17, 15) is 13.5 Å². The number of halogens is 2. The average molecular weight is 365 g/mol. The van der Waals surface area contributed by atoms with Gasteiger partial charge in [0.05, 0.1) is 12.8 Å². The van der Waals surface area contributed by atoms with E-state index in [1.807, 2.05) is 0 Å². The fraction of sp³-hybridized carbons (Fsp3) is 0.333. The summed E-state index contributed by atoms with van der Waals surface area (Å²) in [4.78, 5) is 3.79. The molecule has 0 aliphatic heterocycles. The minimum atomic E-state index is -3.49. The highest BCUT2D eigenvalue weighted by atomic mass is 35.5. The molecule has 7 nitrogen and oxygen atoms in total. The summed E-state index contributed by atoms with van der Waals surface area (Å²) in [5, 5.41) is 15.5. The Morgan fingerprint density at radius 2 is 2.14 bits per heavy atom. The van der Waals surface area contributed by atoms with Crippen LogP contribution in [0.3, 0.4) is 0 Å². The summed E-state index contributed by atoms with van der Waals surface area (Å²) in [6.07, 6.45) is 3.73. The number of rotatable bonds is 6. The summed E-state index contributed by atoms with van der Waals surface area (Å²) >= 11 is 12.0. The van der Waals surface area contributed by atoms with E-state index in [2.05, 4.69) is 14.8 Å². The van der Waals surface area contributed by atoms with Gasteiger partial charge in [0.2, 0.25) is 10.0 Å². The van der Waals surface area contributed by atoms with Gasteiger partial charge in [-0.3, -0.25) is 0 Å². The molecule has 1 aromatic carbocycles. The van der Waals surface area contributed by atoms with Crippen LogP contribution in [-0.4, -0.2) is 41.1 Å². The maximum atomic E-state index is 11.3. The Morgan fingerprint density at radius 3 is 2.68 bits per heavy atom. The fourth-order valence-corrected chi connectivity index (χ4v) is 3.02. The molecule has 22 heavy (non-hydrogen) atoms. The van der Waals surface area contributed by atoms with E-state index >= 15 is 0 Å². The lowest BCUT2D eigenvalue weighted by atomic mass is 9.94. The third-order valence-electron chi connectivity index (χ3n) is 2.95. The summed E-state index contributed by atoms with van der Waals surface area (Å²) in [5.74, 6) is 0. The SMILES string of the molecule is CS(=O)(=O)NCC(O)(Cn1cncn1)c1ccc(Cl)cc1Cl. The molecule has 1 atom stereocenters. The molecule has 1 unspecified atom stereocenters. The molecular weight excluding hydrogens is 351 g/mol. The number of sulfonamides is 1. The second kappa shape index (κ2) is 6.51. The van der Waals surface area contributed by atoms with Gasteiger partial charge in [0, 0.05) is 22.2 Å². The standard InChI is InChI=1S/C12H14Cl2N4O3S/c1-22(20,21)17-5-12(19,6-18-8-15-7-16-18)10-3-2-9(13)4-11(10)14/h2-4,7-8,17,19H,5-6H2,1H3. The number of nitrogens with one attached hydrogen (secondary N) is 1. The van der Waals surface area contributed by atoms with Crippen LogP contribution in [0.1, 0.15) is 5.56 Å². The molecule has 120 valence electrons. The van der Waals surface area contributed by atoms with Gasteiger partial charge in [0.15, 0.2) is 0 Å². The molecule has 0 fully saturated rings. The van der Waals surface area contributed by atoms with Crippen LogP contribution in [0.15, 0.2) is 30.9 Å². The van der Waals surface area contributed by atoms with Crippen molar-refractivity contribution in [3.8, 4) is 0 Å². The van der Waals surface area contributed by atoms with Gasteiger partial charge in [-0.25, -0.2) is 22.8 Å². The van der Waals surface area contributed by atoms with E-state index < -0.39 is 15.6 Å². The van der Waals surface area contributed by atoms with Gasteiger partial charge in [-0.05, 0) is 12.1 Å². The highest BCUT2D eigenvalue weighted by Gasteiger charge is 2.33. The minimum Gasteiger partial charge on any atom is -0.382 e. The predicted molar refractivity (Wildman–Crippen MR) is 83.2 cm³/mol. The highest BCUT2D eigenvalue weighted by molar-refractivity contribution is 7.88. The topological polar surface area (TPSA) is 97.1 Å². The largest absolute Gasteiger partial charge is 0.382 e. The summed E-state index contributed by atoms with van der Waals surface area (Å²) < 4.78 is 26.3. The number of benzene rings is 1. The van der Waals surface area contributed by atoms with Crippen molar-refractivity contribution in [1.82, 2.24) is 19.5 Å². The van der Waals surface area contributed by atoms with Crippen molar-refractivity contribution in [2.24, 2.45) is 0 Å². The van der Waals surface area contributed by atoms with Crippen LogP contribution < -0.4 is 4.72 Å². The molecule has 1 heterocycles. The van der Waals surface area contributed by atoms with Crippen molar-refractivity contribution in [3.05, 3.63) is 46.5 Å². The van der Waals surface area contributed by atoms with Crippen LogP contribution in [0.5, 0.6) is 0 Å². The normalized spacial score (nSPS) is 14.7. The molecule has 2 N–H and O–H groups in total. The Balaban J connectivity index is 2.39. The Bertz CT molecular complexity index is 752. The number of hydrogen-bond donors (Lipinski definition) is 2. The zero-order chi connectivity index (χ0) is 16.4. The third-order valence-corrected chi connectivity index (χ3v) is 4.17. The number of hydrogen-bond acceptors (Lipinski definition) is 5. The van der Waals surface area contributed by atoms with Crippen LogP contribution in [0, 0.1) is 0 Å². The Morgan fingerprint density at radius 1 is 1.41 bits per heavy atom. The number of aliphatic hydroxyl groups is 1. The smallest absolute Gasteiger partial charge is 0.208 e. The molecule has 0 aliphatic carbocycles. The molecular formula is C12H14Cl2N4O3S. The molecule has 0 aliphatic rings. The maximum absolute atomic E-state index is 11.3. The van der Waals surface area contributed by atoms with Crippen molar-refractivity contribution in [2.75, 3.05) is 12.8 Å². The summed E-state index contributed by atoms with van der Waals surface area (Å²) in [6.45, 7) is -0.302. The predicted octanol–water partition coefficient (Wildman–Crippen LogP) is 1.02. The summed E-state index contributed by atoms with van der Waals surface area (Å²) in [6, 6.07) is 4.59. The van der Waals surface area contributed by atoms with Crippen molar-refractivity contribution >= 4 is 33.2 Å². The van der Waals surface area contributed by atoms with E-state index in [0.29, 0.717) is 10.6 Å². The van der Waals surface area contributed by atoms with E-state index in [1.54, 1.807) is 12.1 Å². The van der Waals surface area contributed by atoms with Gasteiger partial charge in [-0.1, -0.05) is 29.3 Å². The Kier molecular flexibility index (Phi) is 5.08. The molecule has 10 heteroatoms. The first-order chi connectivity index (χ1) is 10.2. The van der Waals surface area contributed by atoms with Gasteiger partial charge >= 0.3 is 0 Å². The van der Waals surface area contributed by atoms with Crippen LogP contribution in [0.2, 0.25) is 10.0 Å². The third kappa shape index (κ3) is 4.40. The zero-order valence-corrected chi connectivity index (χ0v) is 13.9. The first-order valence-corrected chi connectivity index (χ1v) is 8.79. The van der Waals surface area contributed by atoms with E-state index in [4.69, 9.17) is 23.2 Å². The number of aromatic nitrogens is 3. The summed E-state index contributed by atoms with van der Waals surface area (Å²) in [7, 11) is -3.49.